The summed E-state index contributed by atoms with van der Waals surface area (Å²) in [4.78, 5) is 24.9. The number of aliphatic carboxylic acids is 1. The van der Waals surface area contributed by atoms with Crippen LogP contribution in [0.15, 0.2) is 52.9 Å². The Labute approximate surface area is 227 Å². The summed E-state index contributed by atoms with van der Waals surface area (Å²) < 4.78 is 12.7. The molecule has 0 spiro atoms. The Balaban J connectivity index is 1.57. The number of carbonyl (C=O) groups excluding carboxylic acids is 1. The quantitative estimate of drug-likeness (QED) is 0.297. The SMILES string of the molecule is Cc1oc(-c2ccc(Cl)cc2Cl)cc1C(Oc1ccc(C(=O)N(C)CCC(=O)O)cc1)C1CCCCC1. The van der Waals surface area contributed by atoms with Crippen LogP contribution in [0, 0.1) is 12.8 Å². The number of hydrogen-bond donors (Lipinski definition) is 1. The first-order valence-electron chi connectivity index (χ1n) is 12.5. The molecule has 1 amide bonds. The standard InChI is InChI=1S/C29H31Cl2NO5/c1-18-24(17-26(36-18)23-13-10-21(30)16-25(23)31)28(19-6-4-3-5-7-19)37-22-11-8-20(9-12-22)29(35)32(2)15-14-27(33)34/h8-13,16-17,19,28H,3-7,14-15H2,1-2H3,(H,33,34). The minimum absolute atomic E-state index is 0.0974. The summed E-state index contributed by atoms with van der Waals surface area (Å²) in [5, 5.41) is 9.96. The van der Waals surface area contributed by atoms with Crippen molar-refractivity contribution >= 4 is 35.1 Å². The van der Waals surface area contributed by atoms with Gasteiger partial charge in [-0.2, -0.15) is 0 Å². The second-order valence-electron chi connectivity index (χ2n) is 9.58. The second kappa shape index (κ2) is 12.1. The van der Waals surface area contributed by atoms with E-state index >= 15 is 0 Å². The highest BCUT2D eigenvalue weighted by Gasteiger charge is 2.30. The molecule has 1 N–H and O–H groups in total. The first-order valence-corrected chi connectivity index (χ1v) is 13.3. The number of carboxylic acid groups (broad SMARTS) is 1. The van der Waals surface area contributed by atoms with Gasteiger partial charge in [-0.05, 0) is 68.3 Å². The van der Waals surface area contributed by atoms with Crippen molar-refractivity contribution in [2.24, 2.45) is 5.92 Å². The van der Waals surface area contributed by atoms with E-state index in [4.69, 9.17) is 37.5 Å². The molecule has 1 aliphatic rings. The number of aryl methyl sites for hydroxylation is 1. The van der Waals surface area contributed by atoms with Gasteiger partial charge in [0.15, 0.2) is 0 Å². The van der Waals surface area contributed by atoms with Crippen molar-refractivity contribution in [2.45, 2.75) is 51.6 Å². The van der Waals surface area contributed by atoms with Gasteiger partial charge in [0, 0.05) is 41.2 Å². The van der Waals surface area contributed by atoms with Crippen molar-refractivity contribution in [3.05, 3.63) is 75.5 Å². The fourth-order valence-electron chi connectivity index (χ4n) is 4.86. The number of nitrogens with zero attached hydrogens (tertiary/aromatic N) is 1. The maximum absolute atomic E-state index is 12.7. The van der Waals surface area contributed by atoms with Crippen LogP contribution >= 0.6 is 23.2 Å². The molecule has 1 fully saturated rings. The Morgan fingerprint density at radius 2 is 1.78 bits per heavy atom. The normalized spacial score (nSPS) is 14.8. The summed E-state index contributed by atoms with van der Waals surface area (Å²) >= 11 is 12.5. The van der Waals surface area contributed by atoms with Gasteiger partial charge in [0.1, 0.15) is 23.4 Å². The molecule has 1 atom stereocenters. The third-order valence-electron chi connectivity index (χ3n) is 6.91. The van der Waals surface area contributed by atoms with E-state index in [0.717, 1.165) is 42.6 Å². The van der Waals surface area contributed by atoms with Gasteiger partial charge >= 0.3 is 5.97 Å². The molecule has 1 heterocycles. The van der Waals surface area contributed by atoms with E-state index in [1.165, 1.54) is 11.3 Å². The molecule has 2 aromatic carbocycles. The summed E-state index contributed by atoms with van der Waals surface area (Å²) in [5.41, 5.74) is 2.24. The number of halogens is 2. The van der Waals surface area contributed by atoms with Crippen LogP contribution < -0.4 is 4.74 Å². The summed E-state index contributed by atoms with van der Waals surface area (Å²) in [6.07, 6.45) is 5.38. The van der Waals surface area contributed by atoms with E-state index in [9.17, 15) is 9.59 Å². The van der Waals surface area contributed by atoms with Crippen molar-refractivity contribution in [2.75, 3.05) is 13.6 Å². The smallest absolute Gasteiger partial charge is 0.305 e. The maximum atomic E-state index is 12.7. The van der Waals surface area contributed by atoms with Gasteiger partial charge in [-0.3, -0.25) is 9.59 Å². The first kappa shape index (κ1) is 27.1. The summed E-state index contributed by atoms with van der Waals surface area (Å²) in [6, 6.07) is 14.4. The average Bonchev–Trinajstić information content (AvgIpc) is 3.27. The Bertz CT molecular complexity index is 1250. The zero-order valence-electron chi connectivity index (χ0n) is 21.0. The van der Waals surface area contributed by atoms with Crippen molar-refractivity contribution in [1.82, 2.24) is 4.90 Å². The predicted octanol–water partition coefficient (Wildman–Crippen LogP) is 7.81. The zero-order valence-corrected chi connectivity index (χ0v) is 22.5. The van der Waals surface area contributed by atoms with Crippen LogP contribution in [0.5, 0.6) is 5.75 Å². The summed E-state index contributed by atoms with van der Waals surface area (Å²) in [6.45, 7) is 2.09. The Kier molecular flexibility index (Phi) is 8.83. The molecule has 1 unspecified atom stereocenters. The van der Waals surface area contributed by atoms with Crippen LogP contribution in [-0.4, -0.2) is 35.5 Å². The lowest BCUT2D eigenvalue weighted by Crippen LogP contribution is -2.29. The molecule has 37 heavy (non-hydrogen) atoms. The predicted molar refractivity (Wildman–Crippen MR) is 145 cm³/mol. The topological polar surface area (TPSA) is 80.0 Å². The van der Waals surface area contributed by atoms with Crippen molar-refractivity contribution in [3.63, 3.8) is 0 Å². The molecule has 0 radical (unpaired) electrons. The van der Waals surface area contributed by atoms with Gasteiger partial charge < -0.3 is 19.2 Å². The highest BCUT2D eigenvalue weighted by molar-refractivity contribution is 6.36. The highest BCUT2D eigenvalue weighted by atomic mass is 35.5. The van der Waals surface area contributed by atoms with Gasteiger partial charge in [-0.15, -0.1) is 0 Å². The number of ether oxygens (including phenoxy) is 1. The maximum Gasteiger partial charge on any atom is 0.305 e. The van der Waals surface area contributed by atoms with Crippen molar-refractivity contribution < 1.29 is 23.8 Å². The van der Waals surface area contributed by atoms with Crippen molar-refractivity contribution in [1.29, 1.82) is 0 Å². The number of carbonyl (C=O) groups is 2. The van der Waals surface area contributed by atoms with Crippen LogP contribution in [0.25, 0.3) is 11.3 Å². The van der Waals surface area contributed by atoms with Crippen LogP contribution in [0.1, 0.15) is 66.3 Å². The average molecular weight is 544 g/mol. The van der Waals surface area contributed by atoms with E-state index in [1.807, 2.05) is 19.1 Å². The molecule has 196 valence electrons. The number of amides is 1. The Morgan fingerprint density at radius 3 is 2.43 bits per heavy atom. The number of benzene rings is 2. The molecule has 0 bridgehead atoms. The van der Waals surface area contributed by atoms with Crippen LogP contribution in [0.3, 0.4) is 0 Å². The Morgan fingerprint density at radius 1 is 1.08 bits per heavy atom. The zero-order chi connectivity index (χ0) is 26.5. The van der Waals surface area contributed by atoms with Crippen LogP contribution in [0.4, 0.5) is 0 Å². The third kappa shape index (κ3) is 6.68. The van der Waals surface area contributed by atoms with Crippen LogP contribution in [0.2, 0.25) is 10.0 Å². The lowest BCUT2D eigenvalue weighted by Gasteiger charge is -2.30. The molecule has 1 aliphatic carbocycles. The second-order valence-corrected chi connectivity index (χ2v) is 10.4. The lowest BCUT2D eigenvalue weighted by atomic mass is 9.82. The van der Waals surface area contributed by atoms with E-state index in [0.29, 0.717) is 33.0 Å². The molecule has 0 aliphatic heterocycles. The Hall–Kier alpha value is -2.96. The van der Waals surface area contributed by atoms with Gasteiger partial charge in [0.05, 0.1) is 11.4 Å². The molecule has 1 aromatic heterocycles. The van der Waals surface area contributed by atoms with E-state index < -0.39 is 5.97 Å². The molecule has 1 saturated carbocycles. The molecule has 4 rings (SSSR count). The molecule has 8 heteroatoms. The molecule has 0 saturated heterocycles. The third-order valence-corrected chi connectivity index (χ3v) is 7.46. The monoisotopic (exact) mass is 543 g/mol. The number of furan rings is 1. The largest absolute Gasteiger partial charge is 0.485 e. The number of hydrogen-bond acceptors (Lipinski definition) is 4. The van der Waals surface area contributed by atoms with E-state index in [1.54, 1.807) is 43.4 Å². The minimum atomic E-state index is -0.937. The molecular weight excluding hydrogens is 513 g/mol. The summed E-state index contributed by atoms with van der Waals surface area (Å²) in [7, 11) is 1.60. The van der Waals surface area contributed by atoms with Gasteiger partial charge in [0.2, 0.25) is 0 Å². The lowest BCUT2D eigenvalue weighted by molar-refractivity contribution is -0.137. The fourth-order valence-corrected chi connectivity index (χ4v) is 5.36. The minimum Gasteiger partial charge on any atom is -0.485 e. The fraction of sp³-hybridized carbons (Fsp3) is 0.379. The first-order chi connectivity index (χ1) is 17.7. The molecule has 6 nitrogen and oxygen atoms in total. The molecular formula is C29H31Cl2NO5. The number of rotatable bonds is 9. The number of carboxylic acids is 1. The van der Waals surface area contributed by atoms with Crippen LogP contribution in [-0.2, 0) is 4.79 Å². The highest BCUT2D eigenvalue weighted by Crippen LogP contribution is 2.42. The van der Waals surface area contributed by atoms with Gasteiger partial charge in [-0.25, -0.2) is 0 Å². The molecule has 3 aromatic rings. The van der Waals surface area contributed by atoms with Gasteiger partial charge in [-0.1, -0.05) is 42.5 Å². The van der Waals surface area contributed by atoms with E-state index in [-0.39, 0.29) is 25.0 Å². The van der Waals surface area contributed by atoms with Gasteiger partial charge in [0.25, 0.3) is 5.91 Å². The van der Waals surface area contributed by atoms with E-state index in [2.05, 4.69) is 0 Å². The summed E-state index contributed by atoms with van der Waals surface area (Å²) in [5.74, 6) is 1.28. The van der Waals surface area contributed by atoms with Crippen molar-refractivity contribution in [3.8, 4) is 17.1 Å².